The van der Waals surface area contributed by atoms with E-state index in [1.165, 1.54) is 0 Å². The third-order valence-electron chi connectivity index (χ3n) is 3.30. The molecule has 0 bridgehead atoms. The highest BCUT2D eigenvalue weighted by atomic mass is 16.5. The lowest BCUT2D eigenvalue weighted by molar-refractivity contribution is -0.112. The Morgan fingerprint density at radius 1 is 1.41 bits per heavy atom. The van der Waals surface area contributed by atoms with Crippen molar-refractivity contribution in [1.29, 1.82) is 0 Å². The van der Waals surface area contributed by atoms with E-state index < -0.39 is 0 Å². The van der Waals surface area contributed by atoms with Crippen molar-refractivity contribution in [2.24, 2.45) is 5.92 Å². The maximum absolute atomic E-state index is 10.8. The largest absolute Gasteiger partial charge is 0.376 e. The zero-order valence-electron chi connectivity index (χ0n) is 12.1. The summed E-state index contributed by atoms with van der Waals surface area (Å²) in [6.45, 7) is 11.0. The van der Waals surface area contributed by atoms with Crippen molar-refractivity contribution in [2.75, 3.05) is 6.61 Å². The smallest absolute Gasteiger partial charge is 0.152 e. The van der Waals surface area contributed by atoms with Gasteiger partial charge in [-0.3, -0.25) is 4.79 Å². The van der Waals surface area contributed by atoms with E-state index in [1.54, 1.807) is 13.0 Å². The number of ketones is 1. The molecule has 2 nitrogen and oxygen atoms in total. The topological polar surface area (TPSA) is 26.3 Å². The van der Waals surface area contributed by atoms with Crippen molar-refractivity contribution >= 4 is 5.78 Å². The van der Waals surface area contributed by atoms with Crippen LogP contribution in [-0.2, 0) is 9.53 Å². The van der Waals surface area contributed by atoms with E-state index in [-0.39, 0.29) is 11.4 Å². The van der Waals surface area contributed by atoms with Crippen molar-refractivity contribution in [3.8, 4) is 0 Å². The number of allylic oxidation sites excluding steroid dienone is 2. The van der Waals surface area contributed by atoms with Crippen LogP contribution in [0.3, 0.4) is 0 Å². The molecule has 0 aliphatic rings. The van der Waals surface area contributed by atoms with Crippen molar-refractivity contribution in [3.63, 3.8) is 0 Å². The molecule has 0 amide bonds. The predicted molar refractivity (Wildman–Crippen MR) is 73.2 cm³/mol. The van der Waals surface area contributed by atoms with Gasteiger partial charge < -0.3 is 4.74 Å². The Hall–Kier alpha value is -0.630. The molecule has 0 aliphatic carbocycles. The van der Waals surface area contributed by atoms with Crippen molar-refractivity contribution < 1.29 is 9.53 Å². The Bertz CT molecular complexity index is 245. The first-order valence-electron chi connectivity index (χ1n) is 6.74. The molecule has 2 unspecified atom stereocenters. The summed E-state index contributed by atoms with van der Waals surface area (Å²) in [6.07, 6.45) is 7.91. The van der Waals surface area contributed by atoms with Crippen LogP contribution in [0.25, 0.3) is 0 Å². The number of carbonyl (C=O) groups excluding carboxylic acids is 1. The SMILES string of the molecule is CCOC(C)(CC)CCC(C)C/C=C/C(C)=O. The van der Waals surface area contributed by atoms with Gasteiger partial charge in [-0.15, -0.1) is 0 Å². The van der Waals surface area contributed by atoms with Crippen LogP contribution < -0.4 is 0 Å². The first kappa shape index (κ1) is 16.4. The maximum Gasteiger partial charge on any atom is 0.152 e. The number of hydrogen-bond donors (Lipinski definition) is 0. The fourth-order valence-electron chi connectivity index (χ4n) is 1.84. The summed E-state index contributed by atoms with van der Waals surface area (Å²) in [6, 6.07) is 0. The minimum atomic E-state index is 0.0211. The third-order valence-corrected chi connectivity index (χ3v) is 3.30. The van der Waals surface area contributed by atoms with Crippen LogP contribution >= 0.6 is 0 Å². The van der Waals surface area contributed by atoms with E-state index in [0.717, 1.165) is 32.3 Å². The summed E-state index contributed by atoms with van der Waals surface area (Å²) < 4.78 is 5.80. The van der Waals surface area contributed by atoms with Gasteiger partial charge in [-0.25, -0.2) is 0 Å². The van der Waals surface area contributed by atoms with Crippen molar-refractivity contribution in [3.05, 3.63) is 12.2 Å². The summed E-state index contributed by atoms with van der Waals surface area (Å²) in [5, 5.41) is 0. The molecule has 0 aromatic heterocycles. The molecule has 0 aromatic carbocycles. The highest BCUT2D eigenvalue weighted by Crippen LogP contribution is 2.25. The van der Waals surface area contributed by atoms with Gasteiger partial charge in [-0.1, -0.05) is 19.9 Å². The van der Waals surface area contributed by atoms with Gasteiger partial charge in [-0.05, 0) is 58.4 Å². The molecule has 0 heterocycles. The third kappa shape index (κ3) is 8.14. The normalized spacial score (nSPS) is 17.0. The average molecular weight is 240 g/mol. The lowest BCUT2D eigenvalue weighted by Gasteiger charge is -2.29. The van der Waals surface area contributed by atoms with Gasteiger partial charge in [0.25, 0.3) is 0 Å². The molecule has 0 radical (unpaired) electrons. The van der Waals surface area contributed by atoms with Crippen molar-refractivity contribution in [1.82, 2.24) is 0 Å². The summed E-state index contributed by atoms with van der Waals surface area (Å²) in [5.41, 5.74) is 0.0211. The monoisotopic (exact) mass is 240 g/mol. The van der Waals surface area contributed by atoms with Gasteiger partial charge in [-0.2, -0.15) is 0 Å². The molecule has 2 heteroatoms. The Balaban J connectivity index is 3.96. The number of hydrogen-bond acceptors (Lipinski definition) is 2. The Morgan fingerprint density at radius 2 is 2.06 bits per heavy atom. The molecule has 100 valence electrons. The molecule has 17 heavy (non-hydrogen) atoms. The number of rotatable bonds is 9. The average Bonchev–Trinajstić information content (AvgIpc) is 2.26. The fourth-order valence-corrected chi connectivity index (χ4v) is 1.84. The zero-order valence-corrected chi connectivity index (χ0v) is 12.1. The van der Waals surface area contributed by atoms with Gasteiger partial charge in [0, 0.05) is 6.61 Å². The molecule has 0 saturated carbocycles. The summed E-state index contributed by atoms with van der Waals surface area (Å²) >= 11 is 0. The van der Waals surface area contributed by atoms with Gasteiger partial charge in [0.1, 0.15) is 0 Å². The quantitative estimate of drug-likeness (QED) is 0.566. The minimum absolute atomic E-state index is 0.0211. The lowest BCUT2D eigenvalue weighted by Crippen LogP contribution is -2.28. The Kier molecular flexibility index (Phi) is 8.15. The van der Waals surface area contributed by atoms with E-state index >= 15 is 0 Å². The predicted octanol–water partition coefficient (Wildman–Crippen LogP) is 4.14. The van der Waals surface area contributed by atoms with E-state index in [1.807, 2.05) is 13.0 Å². The molecule has 0 N–H and O–H groups in total. The molecule has 0 fully saturated rings. The molecular formula is C15H28O2. The Morgan fingerprint density at radius 3 is 2.53 bits per heavy atom. The van der Waals surface area contributed by atoms with E-state index in [0.29, 0.717) is 5.92 Å². The zero-order chi connectivity index (χ0) is 13.3. The summed E-state index contributed by atoms with van der Waals surface area (Å²) in [7, 11) is 0. The van der Waals surface area contributed by atoms with Gasteiger partial charge in [0.2, 0.25) is 0 Å². The second-order valence-electron chi connectivity index (χ2n) is 5.13. The molecule has 0 aliphatic heterocycles. The summed E-state index contributed by atoms with van der Waals surface area (Å²) in [4.78, 5) is 10.8. The lowest BCUT2D eigenvalue weighted by atomic mass is 9.90. The van der Waals surface area contributed by atoms with Crippen LogP contribution in [0.5, 0.6) is 0 Å². The molecule has 2 atom stereocenters. The molecule has 0 saturated heterocycles. The maximum atomic E-state index is 10.8. The highest BCUT2D eigenvalue weighted by Gasteiger charge is 2.22. The second-order valence-corrected chi connectivity index (χ2v) is 5.13. The molecule has 0 aromatic rings. The first-order valence-corrected chi connectivity index (χ1v) is 6.74. The van der Waals surface area contributed by atoms with Crippen molar-refractivity contribution in [2.45, 2.75) is 65.9 Å². The second kappa shape index (κ2) is 8.46. The van der Waals surface area contributed by atoms with Gasteiger partial charge >= 0.3 is 0 Å². The molecule has 0 rings (SSSR count). The fraction of sp³-hybridized carbons (Fsp3) is 0.800. The highest BCUT2D eigenvalue weighted by molar-refractivity contribution is 5.87. The number of carbonyl (C=O) groups is 1. The minimum Gasteiger partial charge on any atom is -0.376 e. The van der Waals surface area contributed by atoms with E-state index in [9.17, 15) is 4.79 Å². The van der Waals surface area contributed by atoms with Crippen LogP contribution in [0.1, 0.15) is 60.3 Å². The molecule has 0 spiro atoms. The standard InChI is InChI=1S/C15H28O2/c1-6-15(5,17-7-2)12-11-13(3)9-8-10-14(4)16/h8,10,13H,6-7,9,11-12H2,1-5H3/b10-8+. The van der Waals surface area contributed by atoms with Crippen LogP contribution in [0.2, 0.25) is 0 Å². The van der Waals surface area contributed by atoms with Crippen LogP contribution in [0.4, 0.5) is 0 Å². The van der Waals surface area contributed by atoms with Crippen LogP contribution in [0, 0.1) is 5.92 Å². The van der Waals surface area contributed by atoms with E-state index in [2.05, 4.69) is 20.8 Å². The summed E-state index contributed by atoms with van der Waals surface area (Å²) in [5.74, 6) is 0.738. The first-order chi connectivity index (χ1) is 7.93. The van der Waals surface area contributed by atoms with Gasteiger partial charge in [0.15, 0.2) is 5.78 Å². The van der Waals surface area contributed by atoms with E-state index in [4.69, 9.17) is 4.74 Å². The van der Waals surface area contributed by atoms with Crippen LogP contribution in [-0.4, -0.2) is 18.0 Å². The van der Waals surface area contributed by atoms with Crippen LogP contribution in [0.15, 0.2) is 12.2 Å². The molecular weight excluding hydrogens is 212 g/mol. The Labute approximate surface area is 106 Å². The number of ether oxygens (including phenoxy) is 1. The van der Waals surface area contributed by atoms with Gasteiger partial charge in [0.05, 0.1) is 5.60 Å².